The molecule has 146 valence electrons. The Hall–Kier alpha value is -2.87. The van der Waals surface area contributed by atoms with Crippen LogP contribution < -0.4 is 10.1 Å². The molecule has 3 aromatic rings. The number of aryl methyl sites for hydroxylation is 2. The van der Waals surface area contributed by atoms with Crippen LogP contribution in [0.5, 0.6) is 5.75 Å². The van der Waals surface area contributed by atoms with Crippen molar-refractivity contribution in [2.75, 3.05) is 17.7 Å². The highest BCUT2D eigenvalue weighted by Gasteiger charge is 2.15. The molecule has 0 radical (unpaired) electrons. The molecule has 7 nitrogen and oxygen atoms in total. The van der Waals surface area contributed by atoms with Crippen LogP contribution in [0, 0.1) is 6.92 Å². The summed E-state index contributed by atoms with van der Waals surface area (Å²) in [5.41, 5.74) is 3.79. The lowest BCUT2D eigenvalue weighted by molar-refractivity contribution is -0.113. The van der Waals surface area contributed by atoms with Crippen molar-refractivity contribution in [2.45, 2.75) is 32.3 Å². The number of nitrogens with zero attached hydrogens (tertiary/aromatic N) is 4. The highest BCUT2D eigenvalue weighted by atomic mass is 32.2. The number of tetrazole rings is 1. The summed E-state index contributed by atoms with van der Waals surface area (Å²) in [6, 6.07) is 13.6. The van der Waals surface area contributed by atoms with Crippen molar-refractivity contribution >= 4 is 23.4 Å². The normalized spacial score (nSPS) is 10.7. The number of aromatic nitrogens is 4. The first-order valence-electron chi connectivity index (χ1n) is 9.15. The van der Waals surface area contributed by atoms with E-state index in [2.05, 4.69) is 27.8 Å². The van der Waals surface area contributed by atoms with E-state index >= 15 is 0 Å². The zero-order valence-corrected chi connectivity index (χ0v) is 17.0. The predicted octanol–water partition coefficient (Wildman–Crippen LogP) is 3.66. The maximum atomic E-state index is 12.5. The van der Waals surface area contributed by atoms with Crippen molar-refractivity contribution in [1.82, 2.24) is 20.2 Å². The number of nitrogens with one attached hydrogen (secondary N) is 1. The lowest BCUT2D eigenvalue weighted by Gasteiger charge is -2.13. The van der Waals surface area contributed by atoms with Gasteiger partial charge in [0.15, 0.2) is 0 Å². The van der Waals surface area contributed by atoms with E-state index in [9.17, 15) is 4.79 Å². The summed E-state index contributed by atoms with van der Waals surface area (Å²) in [4.78, 5) is 12.5. The minimum atomic E-state index is -0.0957. The maximum absolute atomic E-state index is 12.5. The molecule has 2 aromatic carbocycles. The maximum Gasteiger partial charge on any atom is 0.234 e. The summed E-state index contributed by atoms with van der Waals surface area (Å²) in [7, 11) is 0. The van der Waals surface area contributed by atoms with Gasteiger partial charge in [-0.15, -0.1) is 5.10 Å². The molecule has 0 fully saturated rings. The lowest BCUT2D eigenvalue weighted by atomic mass is 10.1. The van der Waals surface area contributed by atoms with Crippen LogP contribution in [0.1, 0.15) is 25.0 Å². The van der Waals surface area contributed by atoms with Gasteiger partial charge in [0, 0.05) is 5.69 Å². The van der Waals surface area contributed by atoms with Gasteiger partial charge in [0.25, 0.3) is 0 Å². The molecule has 28 heavy (non-hydrogen) atoms. The summed E-state index contributed by atoms with van der Waals surface area (Å²) < 4.78 is 7.25. The van der Waals surface area contributed by atoms with Crippen LogP contribution in [0.4, 0.5) is 5.69 Å². The van der Waals surface area contributed by atoms with E-state index in [1.807, 2.05) is 56.3 Å². The van der Waals surface area contributed by atoms with E-state index in [0.29, 0.717) is 17.5 Å². The second-order valence-corrected chi connectivity index (χ2v) is 7.02. The van der Waals surface area contributed by atoms with E-state index in [4.69, 9.17) is 4.74 Å². The van der Waals surface area contributed by atoms with Gasteiger partial charge in [0.05, 0.1) is 12.4 Å². The fourth-order valence-electron chi connectivity index (χ4n) is 2.84. The smallest absolute Gasteiger partial charge is 0.234 e. The minimum Gasteiger partial charge on any atom is -0.492 e. The Balaban J connectivity index is 1.72. The van der Waals surface area contributed by atoms with Crippen LogP contribution in [-0.2, 0) is 11.2 Å². The average molecular weight is 398 g/mol. The first-order chi connectivity index (χ1) is 13.6. The van der Waals surface area contributed by atoms with E-state index in [0.717, 1.165) is 28.9 Å². The van der Waals surface area contributed by atoms with Crippen molar-refractivity contribution in [1.29, 1.82) is 0 Å². The zero-order chi connectivity index (χ0) is 19.9. The van der Waals surface area contributed by atoms with Crippen molar-refractivity contribution < 1.29 is 9.53 Å². The first-order valence-corrected chi connectivity index (χ1v) is 10.1. The standard InChI is InChI=1S/C20H23N5O2S/c1-4-15-10-8-9-14(3)19(15)21-18(26)13-28-20-22-23-24-25(20)16-11-6-7-12-17(16)27-5-2/h6-12H,4-5,13H2,1-3H3,(H,21,26). The van der Waals surface area contributed by atoms with Crippen LogP contribution in [0.3, 0.4) is 0 Å². The first kappa shape index (κ1) is 19.9. The molecular formula is C20H23N5O2S. The third-order valence-corrected chi connectivity index (χ3v) is 5.09. The molecule has 1 N–H and O–H groups in total. The Bertz CT molecular complexity index is 957. The van der Waals surface area contributed by atoms with Crippen LogP contribution in [0.2, 0.25) is 0 Å². The summed E-state index contributed by atoms with van der Waals surface area (Å²) in [5.74, 6) is 0.798. The number of amides is 1. The Morgan fingerprint density at radius 1 is 1.18 bits per heavy atom. The van der Waals surface area contributed by atoms with Gasteiger partial charge in [0.1, 0.15) is 11.4 Å². The summed E-state index contributed by atoms with van der Waals surface area (Å²) in [5, 5.41) is 15.4. The van der Waals surface area contributed by atoms with Crippen molar-refractivity contribution in [3.8, 4) is 11.4 Å². The Morgan fingerprint density at radius 3 is 2.79 bits per heavy atom. The third kappa shape index (κ3) is 4.51. The Morgan fingerprint density at radius 2 is 2.00 bits per heavy atom. The number of para-hydroxylation sites is 3. The molecule has 1 amide bonds. The van der Waals surface area contributed by atoms with Gasteiger partial charge < -0.3 is 10.1 Å². The molecule has 1 heterocycles. The number of thioether (sulfide) groups is 1. The molecule has 0 aliphatic carbocycles. The molecule has 8 heteroatoms. The number of rotatable bonds is 8. The number of ether oxygens (including phenoxy) is 1. The average Bonchev–Trinajstić information content (AvgIpc) is 3.17. The Kier molecular flexibility index (Phi) is 6.65. The second-order valence-electron chi connectivity index (χ2n) is 6.07. The summed E-state index contributed by atoms with van der Waals surface area (Å²) >= 11 is 1.28. The topological polar surface area (TPSA) is 81.9 Å². The third-order valence-electron chi connectivity index (χ3n) is 4.17. The van der Waals surface area contributed by atoms with Crippen LogP contribution >= 0.6 is 11.8 Å². The van der Waals surface area contributed by atoms with Gasteiger partial charge in [0.2, 0.25) is 11.1 Å². The molecule has 0 saturated heterocycles. The molecule has 0 unspecified atom stereocenters. The fourth-order valence-corrected chi connectivity index (χ4v) is 3.52. The van der Waals surface area contributed by atoms with Gasteiger partial charge in [-0.25, -0.2) is 0 Å². The molecule has 0 spiro atoms. The molecule has 0 atom stereocenters. The number of hydrogen-bond acceptors (Lipinski definition) is 6. The minimum absolute atomic E-state index is 0.0957. The molecule has 1 aromatic heterocycles. The highest BCUT2D eigenvalue weighted by Crippen LogP contribution is 2.26. The van der Waals surface area contributed by atoms with Gasteiger partial charge in [-0.05, 0) is 54.0 Å². The number of benzene rings is 2. The molecule has 0 saturated carbocycles. The van der Waals surface area contributed by atoms with Crippen LogP contribution in [0.25, 0.3) is 5.69 Å². The largest absolute Gasteiger partial charge is 0.492 e. The SMILES string of the molecule is CCOc1ccccc1-n1nnnc1SCC(=O)Nc1c(C)cccc1CC. The molecule has 0 aliphatic heterocycles. The summed E-state index contributed by atoms with van der Waals surface area (Å²) in [6.07, 6.45) is 0.858. The van der Waals surface area contributed by atoms with Gasteiger partial charge in [-0.1, -0.05) is 49.0 Å². The van der Waals surface area contributed by atoms with E-state index < -0.39 is 0 Å². The monoisotopic (exact) mass is 397 g/mol. The van der Waals surface area contributed by atoms with E-state index in [-0.39, 0.29) is 11.7 Å². The molecule has 0 aliphatic rings. The molecular weight excluding hydrogens is 374 g/mol. The lowest BCUT2D eigenvalue weighted by Crippen LogP contribution is -2.16. The van der Waals surface area contributed by atoms with Gasteiger partial charge >= 0.3 is 0 Å². The molecule has 3 rings (SSSR count). The number of carbonyl (C=O) groups excluding carboxylic acids is 1. The summed E-state index contributed by atoms with van der Waals surface area (Å²) in [6.45, 7) is 6.53. The van der Waals surface area contributed by atoms with Crippen LogP contribution in [0.15, 0.2) is 47.6 Å². The van der Waals surface area contributed by atoms with Crippen molar-refractivity contribution in [3.63, 3.8) is 0 Å². The number of hydrogen-bond donors (Lipinski definition) is 1. The number of carbonyl (C=O) groups is 1. The van der Waals surface area contributed by atoms with Crippen molar-refractivity contribution in [3.05, 3.63) is 53.6 Å². The zero-order valence-electron chi connectivity index (χ0n) is 16.2. The van der Waals surface area contributed by atoms with E-state index in [1.165, 1.54) is 11.8 Å². The highest BCUT2D eigenvalue weighted by molar-refractivity contribution is 7.99. The molecule has 0 bridgehead atoms. The Labute approximate surface area is 168 Å². The second kappa shape index (κ2) is 9.36. The van der Waals surface area contributed by atoms with Gasteiger partial charge in [-0.3, -0.25) is 4.79 Å². The fraction of sp³-hybridized carbons (Fsp3) is 0.300. The van der Waals surface area contributed by atoms with Crippen molar-refractivity contribution in [2.24, 2.45) is 0 Å². The van der Waals surface area contributed by atoms with Gasteiger partial charge in [-0.2, -0.15) is 4.68 Å². The van der Waals surface area contributed by atoms with Crippen LogP contribution in [-0.4, -0.2) is 38.5 Å². The predicted molar refractivity (Wildman–Crippen MR) is 110 cm³/mol. The van der Waals surface area contributed by atoms with E-state index in [1.54, 1.807) is 4.68 Å². The number of anilines is 1. The quantitative estimate of drug-likeness (QED) is 0.584.